The molecule has 1 aromatic carbocycles. The van der Waals surface area contributed by atoms with Crippen LogP contribution in [0.2, 0.25) is 0 Å². The molecule has 0 aliphatic heterocycles. The zero-order valence-corrected chi connectivity index (χ0v) is 17.5. The molecule has 0 bridgehead atoms. The highest BCUT2D eigenvalue weighted by molar-refractivity contribution is 7.51. The summed E-state index contributed by atoms with van der Waals surface area (Å²) in [5, 5.41) is 0. The third-order valence-corrected chi connectivity index (χ3v) is 6.21. The summed E-state index contributed by atoms with van der Waals surface area (Å²) < 4.78 is 15.0. The zero-order chi connectivity index (χ0) is 20.5. The first kappa shape index (κ1) is 20.4. The number of hydrogen-bond acceptors (Lipinski definition) is 1. The largest absolute Gasteiger partial charge is 0.392 e. The molecule has 0 aliphatic rings. The lowest BCUT2D eigenvalue weighted by molar-refractivity contribution is -0.701. The quantitative estimate of drug-likeness (QED) is 0.517. The van der Waals surface area contributed by atoms with Gasteiger partial charge in [0.25, 0.3) is 5.78 Å². The molecule has 5 nitrogen and oxygen atoms in total. The SMILES string of the molecule is CC([n+]1ccc(-c2cc[n+](-c3ccc(C(C)(C)C)cc3)cc2)cc1)P(=O)(O)O. The van der Waals surface area contributed by atoms with E-state index < -0.39 is 13.4 Å². The summed E-state index contributed by atoms with van der Waals surface area (Å²) in [4.78, 5) is 18.6. The summed E-state index contributed by atoms with van der Waals surface area (Å²) in [7, 11) is -4.16. The van der Waals surface area contributed by atoms with E-state index in [4.69, 9.17) is 0 Å². The number of rotatable bonds is 4. The van der Waals surface area contributed by atoms with Gasteiger partial charge in [-0.15, -0.1) is 0 Å². The second-order valence-corrected chi connectivity index (χ2v) is 9.97. The van der Waals surface area contributed by atoms with Crippen LogP contribution in [0.3, 0.4) is 0 Å². The molecule has 0 fully saturated rings. The van der Waals surface area contributed by atoms with Crippen molar-refractivity contribution in [2.75, 3.05) is 0 Å². The van der Waals surface area contributed by atoms with E-state index in [1.807, 2.05) is 36.7 Å². The van der Waals surface area contributed by atoms with Gasteiger partial charge < -0.3 is 9.79 Å². The minimum atomic E-state index is -4.16. The predicted molar refractivity (Wildman–Crippen MR) is 109 cm³/mol. The fourth-order valence-electron chi connectivity index (χ4n) is 2.98. The van der Waals surface area contributed by atoms with E-state index in [1.165, 1.54) is 17.1 Å². The van der Waals surface area contributed by atoms with E-state index in [-0.39, 0.29) is 5.41 Å². The summed E-state index contributed by atoms with van der Waals surface area (Å²) in [6.07, 6.45) is 7.43. The fraction of sp³-hybridized carbons (Fsp3) is 0.273. The molecule has 0 radical (unpaired) electrons. The lowest BCUT2D eigenvalue weighted by Crippen LogP contribution is -2.36. The summed E-state index contributed by atoms with van der Waals surface area (Å²) in [6, 6.07) is 16.4. The molecule has 2 heterocycles. The van der Waals surface area contributed by atoms with E-state index in [0.717, 1.165) is 16.8 Å². The minimum Gasteiger partial charge on any atom is -0.320 e. The maximum Gasteiger partial charge on any atom is 0.392 e. The highest BCUT2D eigenvalue weighted by atomic mass is 31.2. The zero-order valence-electron chi connectivity index (χ0n) is 16.6. The van der Waals surface area contributed by atoms with Crippen LogP contribution in [0.5, 0.6) is 0 Å². The molecule has 6 heteroatoms. The number of aromatic nitrogens is 2. The van der Waals surface area contributed by atoms with Crippen LogP contribution in [0.4, 0.5) is 0 Å². The van der Waals surface area contributed by atoms with E-state index in [0.29, 0.717) is 0 Å². The molecule has 0 saturated heterocycles. The molecule has 1 atom stereocenters. The van der Waals surface area contributed by atoms with Gasteiger partial charge in [0.15, 0.2) is 24.8 Å². The van der Waals surface area contributed by atoms with E-state index in [9.17, 15) is 14.4 Å². The topological polar surface area (TPSA) is 65.3 Å². The third kappa shape index (κ3) is 4.56. The Labute approximate surface area is 166 Å². The Hall–Kier alpha value is -2.33. The Morgan fingerprint density at radius 2 is 1.29 bits per heavy atom. The van der Waals surface area contributed by atoms with Crippen LogP contribution in [0.1, 0.15) is 39.0 Å². The van der Waals surface area contributed by atoms with Gasteiger partial charge in [-0.2, -0.15) is 9.13 Å². The Kier molecular flexibility index (Phi) is 5.53. The average molecular weight is 398 g/mol. The maximum atomic E-state index is 11.4. The molecule has 3 aromatic rings. The second-order valence-electron chi connectivity index (χ2n) is 8.05. The van der Waals surface area contributed by atoms with Crippen molar-refractivity contribution in [1.29, 1.82) is 0 Å². The van der Waals surface area contributed by atoms with Crippen LogP contribution < -0.4 is 9.13 Å². The van der Waals surface area contributed by atoms with Gasteiger partial charge in [-0.1, -0.05) is 32.9 Å². The van der Waals surface area contributed by atoms with Crippen molar-refractivity contribution in [3.8, 4) is 16.8 Å². The monoisotopic (exact) mass is 398 g/mol. The predicted octanol–water partition coefficient (Wildman–Crippen LogP) is 3.91. The number of pyridine rings is 2. The van der Waals surface area contributed by atoms with Gasteiger partial charge in [0.05, 0.1) is 0 Å². The average Bonchev–Trinajstić information content (AvgIpc) is 2.66. The summed E-state index contributed by atoms with van der Waals surface area (Å²) >= 11 is 0. The van der Waals surface area contributed by atoms with E-state index in [1.54, 1.807) is 12.4 Å². The Balaban J connectivity index is 1.80. The molecule has 2 N–H and O–H groups in total. The normalized spacial score (nSPS) is 13.4. The Morgan fingerprint density at radius 3 is 1.71 bits per heavy atom. The molecular weight excluding hydrogens is 371 g/mol. The summed E-state index contributed by atoms with van der Waals surface area (Å²) in [5.74, 6) is -0.879. The van der Waals surface area contributed by atoms with Crippen LogP contribution in [0.25, 0.3) is 16.8 Å². The molecule has 0 amide bonds. The fourth-order valence-corrected chi connectivity index (χ4v) is 3.48. The lowest BCUT2D eigenvalue weighted by Gasteiger charge is -2.18. The highest BCUT2D eigenvalue weighted by Crippen LogP contribution is 2.45. The molecule has 1 unspecified atom stereocenters. The lowest BCUT2D eigenvalue weighted by atomic mass is 9.87. The van der Waals surface area contributed by atoms with Crippen LogP contribution in [-0.2, 0) is 9.98 Å². The molecule has 28 heavy (non-hydrogen) atoms. The van der Waals surface area contributed by atoms with E-state index in [2.05, 4.69) is 49.6 Å². The molecule has 146 valence electrons. The first-order valence-electron chi connectivity index (χ1n) is 9.24. The van der Waals surface area contributed by atoms with Gasteiger partial charge in [-0.25, -0.2) is 0 Å². The molecule has 0 spiro atoms. The highest BCUT2D eigenvalue weighted by Gasteiger charge is 2.32. The molecular formula is C22H27N2O3P+2. The summed E-state index contributed by atoms with van der Waals surface area (Å²) in [6.45, 7) is 8.12. The molecule has 0 aliphatic carbocycles. The van der Waals surface area contributed by atoms with Crippen molar-refractivity contribution in [3.05, 3.63) is 78.9 Å². The van der Waals surface area contributed by atoms with Crippen LogP contribution in [0.15, 0.2) is 73.3 Å². The van der Waals surface area contributed by atoms with Gasteiger partial charge in [-0.3, -0.25) is 4.57 Å². The third-order valence-electron chi connectivity index (χ3n) is 4.96. The number of benzene rings is 1. The minimum absolute atomic E-state index is 0.133. The maximum absolute atomic E-state index is 11.4. The van der Waals surface area contributed by atoms with Gasteiger partial charge >= 0.3 is 7.60 Å². The number of hydrogen-bond donors (Lipinski definition) is 2. The van der Waals surface area contributed by atoms with Crippen molar-refractivity contribution < 1.29 is 23.5 Å². The van der Waals surface area contributed by atoms with Crippen molar-refractivity contribution in [1.82, 2.24) is 0 Å². The first-order valence-corrected chi connectivity index (χ1v) is 10.9. The number of nitrogens with zero attached hydrogens (tertiary/aromatic N) is 2. The van der Waals surface area contributed by atoms with Crippen LogP contribution in [0, 0.1) is 0 Å². The molecule has 2 aromatic heterocycles. The van der Waals surface area contributed by atoms with Crippen molar-refractivity contribution in [3.63, 3.8) is 0 Å². The Morgan fingerprint density at radius 1 is 0.821 bits per heavy atom. The van der Waals surface area contributed by atoms with Crippen molar-refractivity contribution in [2.24, 2.45) is 0 Å². The van der Waals surface area contributed by atoms with Crippen molar-refractivity contribution >= 4 is 7.60 Å². The van der Waals surface area contributed by atoms with Gasteiger partial charge in [-0.05, 0) is 22.1 Å². The standard InChI is InChI=1S/C22H25N2O3P/c1-17(28(25,26)27)23-13-9-18(10-14-23)19-11-15-24(16-12-19)21-7-5-20(6-8-21)22(2,3)4/h5-17H,1-4H3/p+2. The van der Waals surface area contributed by atoms with Crippen molar-refractivity contribution in [2.45, 2.75) is 38.9 Å². The summed E-state index contributed by atoms with van der Waals surface area (Å²) in [5.41, 5.74) is 4.56. The Bertz CT molecular complexity index is 986. The van der Waals surface area contributed by atoms with Crippen LogP contribution in [-0.4, -0.2) is 9.79 Å². The van der Waals surface area contributed by atoms with Gasteiger partial charge in [0.2, 0.25) is 5.69 Å². The van der Waals surface area contributed by atoms with Crippen LogP contribution >= 0.6 is 7.60 Å². The molecule has 0 saturated carbocycles. The second kappa shape index (κ2) is 7.59. The smallest absolute Gasteiger partial charge is 0.320 e. The molecule has 3 rings (SSSR count). The van der Waals surface area contributed by atoms with E-state index >= 15 is 0 Å². The van der Waals surface area contributed by atoms with Gasteiger partial charge in [0.1, 0.15) is 0 Å². The van der Waals surface area contributed by atoms with Gasteiger partial charge in [0, 0.05) is 43.3 Å². The first-order chi connectivity index (χ1) is 13.1.